The zero-order valence-electron chi connectivity index (χ0n) is 11.8. The van der Waals surface area contributed by atoms with Crippen LogP contribution < -0.4 is 11.1 Å². The molecule has 1 aliphatic carbocycles. The molecule has 0 aromatic carbocycles. The average Bonchev–Trinajstić information content (AvgIpc) is 2.43. The van der Waals surface area contributed by atoms with E-state index in [2.05, 4.69) is 5.32 Å². The van der Waals surface area contributed by atoms with Gasteiger partial charge in [-0.1, -0.05) is 26.2 Å². The molecule has 4 nitrogen and oxygen atoms in total. The van der Waals surface area contributed by atoms with Crippen molar-refractivity contribution in [2.24, 2.45) is 11.1 Å². The summed E-state index contributed by atoms with van der Waals surface area (Å²) in [5, 5.41) is 2.92. The molecule has 1 rings (SSSR count). The van der Waals surface area contributed by atoms with Crippen LogP contribution in [-0.4, -0.2) is 31.7 Å². The number of nitrogens with one attached hydrogen (secondary N) is 1. The van der Waals surface area contributed by atoms with Crippen LogP contribution in [0.3, 0.4) is 0 Å². The monoisotopic (exact) mass is 256 g/mol. The molecular formula is C14H28N2O2. The quantitative estimate of drug-likeness (QED) is 0.683. The van der Waals surface area contributed by atoms with Gasteiger partial charge in [-0.05, 0) is 26.2 Å². The second-order valence-corrected chi connectivity index (χ2v) is 5.51. The molecule has 0 bridgehead atoms. The van der Waals surface area contributed by atoms with Crippen LogP contribution >= 0.6 is 0 Å². The highest BCUT2D eigenvalue weighted by Gasteiger charge is 2.29. The lowest BCUT2D eigenvalue weighted by molar-refractivity contribution is -0.130. The maximum atomic E-state index is 11.9. The van der Waals surface area contributed by atoms with Gasteiger partial charge in [-0.25, -0.2) is 0 Å². The minimum Gasteiger partial charge on any atom is -0.376 e. The Labute approximate surface area is 111 Å². The number of nitrogens with two attached hydrogens (primary N) is 1. The molecule has 0 aliphatic heterocycles. The molecule has 106 valence electrons. The van der Waals surface area contributed by atoms with Crippen LogP contribution in [0, 0.1) is 5.41 Å². The van der Waals surface area contributed by atoms with Crippen molar-refractivity contribution < 1.29 is 9.53 Å². The number of rotatable bonds is 7. The van der Waals surface area contributed by atoms with Crippen molar-refractivity contribution in [3.8, 4) is 0 Å². The van der Waals surface area contributed by atoms with Crippen molar-refractivity contribution in [1.29, 1.82) is 0 Å². The Hall–Kier alpha value is -0.610. The topological polar surface area (TPSA) is 64.4 Å². The second-order valence-electron chi connectivity index (χ2n) is 5.51. The normalized spacial score (nSPS) is 20.4. The van der Waals surface area contributed by atoms with Gasteiger partial charge in [-0.2, -0.15) is 0 Å². The summed E-state index contributed by atoms with van der Waals surface area (Å²) >= 11 is 0. The molecule has 1 unspecified atom stereocenters. The molecular weight excluding hydrogens is 228 g/mol. The van der Waals surface area contributed by atoms with Crippen LogP contribution in [0.15, 0.2) is 0 Å². The number of hydrogen-bond acceptors (Lipinski definition) is 3. The summed E-state index contributed by atoms with van der Waals surface area (Å²) < 4.78 is 5.77. The average molecular weight is 256 g/mol. The third kappa shape index (κ3) is 4.58. The highest BCUT2D eigenvalue weighted by Crippen LogP contribution is 2.20. The fourth-order valence-electron chi connectivity index (χ4n) is 2.23. The van der Waals surface area contributed by atoms with Crippen molar-refractivity contribution >= 4 is 5.91 Å². The lowest BCUT2D eigenvalue weighted by atomic mass is 9.87. The largest absolute Gasteiger partial charge is 0.376 e. The fourth-order valence-corrected chi connectivity index (χ4v) is 2.23. The van der Waals surface area contributed by atoms with Gasteiger partial charge in [0.2, 0.25) is 5.91 Å². The summed E-state index contributed by atoms with van der Waals surface area (Å²) in [5.41, 5.74) is 5.21. The van der Waals surface area contributed by atoms with Gasteiger partial charge in [0.1, 0.15) is 0 Å². The molecule has 3 N–H and O–H groups in total. The first kappa shape index (κ1) is 15.4. The van der Waals surface area contributed by atoms with Crippen molar-refractivity contribution in [2.45, 2.75) is 58.5 Å². The van der Waals surface area contributed by atoms with Gasteiger partial charge < -0.3 is 15.8 Å². The predicted octanol–water partition coefficient (Wildman–Crippen LogP) is 1.83. The van der Waals surface area contributed by atoms with Gasteiger partial charge in [0.15, 0.2) is 0 Å². The number of carbonyl (C=O) groups is 1. The molecule has 1 amide bonds. The number of hydrogen-bond donors (Lipinski definition) is 2. The van der Waals surface area contributed by atoms with E-state index in [1.165, 1.54) is 32.1 Å². The van der Waals surface area contributed by atoms with E-state index in [1.54, 1.807) is 0 Å². The molecule has 1 saturated carbocycles. The van der Waals surface area contributed by atoms with Gasteiger partial charge in [0.05, 0.1) is 18.1 Å². The first-order valence-electron chi connectivity index (χ1n) is 7.22. The third-order valence-corrected chi connectivity index (χ3v) is 4.07. The van der Waals surface area contributed by atoms with E-state index in [-0.39, 0.29) is 5.91 Å². The maximum Gasteiger partial charge on any atom is 0.227 e. The van der Waals surface area contributed by atoms with Crippen LogP contribution in [0.2, 0.25) is 0 Å². The molecule has 0 heterocycles. The van der Waals surface area contributed by atoms with Gasteiger partial charge >= 0.3 is 0 Å². The van der Waals surface area contributed by atoms with Crippen LogP contribution in [0.1, 0.15) is 52.4 Å². The van der Waals surface area contributed by atoms with Gasteiger partial charge in [-0.3, -0.25) is 4.79 Å². The molecule has 0 radical (unpaired) electrons. The fraction of sp³-hybridized carbons (Fsp3) is 0.929. The van der Waals surface area contributed by atoms with Gasteiger partial charge in [0.25, 0.3) is 0 Å². The van der Waals surface area contributed by atoms with Gasteiger partial charge in [0, 0.05) is 13.1 Å². The number of amides is 1. The molecule has 1 atom stereocenters. The Morgan fingerprint density at radius 2 is 2.06 bits per heavy atom. The number of ether oxygens (including phenoxy) is 1. The zero-order valence-corrected chi connectivity index (χ0v) is 11.8. The van der Waals surface area contributed by atoms with Crippen LogP contribution in [0.25, 0.3) is 0 Å². The molecule has 4 heteroatoms. The highest BCUT2D eigenvalue weighted by atomic mass is 16.5. The van der Waals surface area contributed by atoms with Crippen LogP contribution in [-0.2, 0) is 9.53 Å². The maximum absolute atomic E-state index is 11.9. The molecule has 0 spiro atoms. The Morgan fingerprint density at radius 1 is 1.39 bits per heavy atom. The van der Waals surface area contributed by atoms with E-state index in [4.69, 9.17) is 10.5 Å². The van der Waals surface area contributed by atoms with E-state index in [9.17, 15) is 4.79 Å². The SMILES string of the molecule is CCC(C)(CN)C(=O)NCCOC1CCCCC1. The van der Waals surface area contributed by atoms with E-state index >= 15 is 0 Å². The Balaban J connectivity index is 2.15. The smallest absolute Gasteiger partial charge is 0.227 e. The first-order chi connectivity index (χ1) is 8.62. The minimum atomic E-state index is -0.440. The Bertz CT molecular complexity index is 246. The van der Waals surface area contributed by atoms with Crippen molar-refractivity contribution in [2.75, 3.05) is 19.7 Å². The summed E-state index contributed by atoms with van der Waals surface area (Å²) in [6.45, 7) is 5.49. The predicted molar refractivity (Wildman–Crippen MR) is 73.3 cm³/mol. The first-order valence-corrected chi connectivity index (χ1v) is 7.22. The van der Waals surface area contributed by atoms with E-state index in [1.807, 2.05) is 13.8 Å². The lowest BCUT2D eigenvalue weighted by Crippen LogP contribution is -2.44. The van der Waals surface area contributed by atoms with E-state index < -0.39 is 5.41 Å². The Kier molecular flexibility index (Phi) is 6.65. The summed E-state index contributed by atoms with van der Waals surface area (Å²) in [4.78, 5) is 11.9. The van der Waals surface area contributed by atoms with Crippen molar-refractivity contribution in [3.63, 3.8) is 0 Å². The van der Waals surface area contributed by atoms with Crippen LogP contribution in [0.5, 0.6) is 0 Å². The number of carbonyl (C=O) groups excluding carboxylic acids is 1. The zero-order chi connectivity index (χ0) is 13.4. The molecule has 1 fully saturated rings. The Morgan fingerprint density at radius 3 is 2.61 bits per heavy atom. The summed E-state index contributed by atoms with van der Waals surface area (Å²) in [6.07, 6.45) is 7.40. The van der Waals surface area contributed by atoms with Crippen molar-refractivity contribution in [1.82, 2.24) is 5.32 Å². The molecule has 18 heavy (non-hydrogen) atoms. The van der Waals surface area contributed by atoms with E-state index in [0.717, 1.165) is 6.42 Å². The van der Waals surface area contributed by atoms with Crippen molar-refractivity contribution in [3.05, 3.63) is 0 Å². The molecule has 1 aliphatic rings. The summed E-state index contributed by atoms with van der Waals surface area (Å²) in [7, 11) is 0. The molecule has 0 aromatic rings. The van der Waals surface area contributed by atoms with Gasteiger partial charge in [-0.15, -0.1) is 0 Å². The molecule has 0 saturated heterocycles. The standard InChI is InChI=1S/C14H28N2O2/c1-3-14(2,11-15)13(17)16-9-10-18-12-7-5-4-6-8-12/h12H,3-11,15H2,1-2H3,(H,16,17). The third-order valence-electron chi connectivity index (χ3n) is 4.07. The lowest BCUT2D eigenvalue weighted by Gasteiger charge is -2.26. The highest BCUT2D eigenvalue weighted by molar-refractivity contribution is 5.82. The molecule has 0 aromatic heterocycles. The minimum absolute atomic E-state index is 0.0414. The van der Waals surface area contributed by atoms with E-state index in [0.29, 0.717) is 25.8 Å². The summed E-state index contributed by atoms with van der Waals surface area (Å²) in [6, 6.07) is 0. The second kappa shape index (κ2) is 7.74. The van der Waals surface area contributed by atoms with Crippen LogP contribution in [0.4, 0.5) is 0 Å². The summed E-state index contributed by atoms with van der Waals surface area (Å²) in [5.74, 6) is 0.0414.